The molecule has 0 saturated carbocycles. The molecular formula is C17H20F3O2S+. The standard InChI is InChI=1S/C17H20F3O2S/c1-12-3-2-4-13-14(22-11-17(18,19)20)5-6-15(16(12)13)23-9-7-21-8-10-23/h2,4-6,12H,3,7-11H2,1H3/q+1. The number of rotatable bonds is 3. The van der Waals surface area contributed by atoms with Crippen LogP contribution >= 0.6 is 0 Å². The molecule has 1 unspecified atom stereocenters. The Bertz CT molecular complexity index is 592. The number of halogens is 3. The highest BCUT2D eigenvalue weighted by atomic mass is 32.2. The van der Waals surface area contributed by atoms with Crippen molar-refractivity contribution in [1.82, 2.24) is 0 Å². The second kappa shape index (κ2) is 6.77. The third-order valence-electron chi connectivity index (χ3n) is 4.12. The van der Waals surface area contributed by atoms with E-state index in [1.165, 1.54) is 4.90 Å². The molecule has 0 bridgehead atoms. The van der Waals surface area contributed by atoms with E-state index in [4.69, 9.17) is 9.47 Å². The third-order valence-corrected chi connectivity index (χ3v) is 6.42. The molecule has 23 heavy (non-hydrogen) atoms. The van der Waals surface area contributed by atoms with Gasteiger partial charge in [0.15, 0.2) is 11.5 Å². The van der Waals surface area contributed by atoms with Crippen LogP contribution in [0, 0.1) is 0 Å². The van der Waals surface area contributed by atoms with Gasteiger partial charge in [0.1, 0.15) is 17.3 Å². The van der Waals surface area contributed by atoms with Gasteiger partial charge in [0.2, 0.25) is 0 Å². The highest BCUT2D eigenvalue weighted by Gasteiger charge is 2.34. The van der Waals surface area contributed by atoms with Crippen LogP contribution in [0.3, 0.4) is 0 Å². The van der Waals surface area contributed by atoms with Gasteiger partial charge in [0.05, 0.1) is 13.2 Å². The summed E-state index contributed by atoms with van der Waals surface area (Å²) in [5, 5.41) is 0. The van der Waals surface area contributed by atoms with Gasteiger partial charge in [0.25, 0.3) is 0 Å². The van der Waals surface area contributed by atoms with E-state index in [2.05, 4.69) is 6.92 Å². The van der Waals surface area contributed by atoms with E-state index in [1.807, 2.05) is 18.2 Å². The van der Waals surface area contributed by atoms with Gasteiger partial charge in [-0.25, -0.2) is 0 Å². The van der Waals surface area contributed by atoms with Crippen molar-refractivity contribution in [3.63, 3.8) is 0 Å². The maximum Gasteiger partial charge on any atom is 0.422 e. The molecule has 3 rings (SSSR count). The van der Waals surface area contributed by atoms with Crippen molar-refractivity contribution in [3.05, 3.63) is 29.3 Å². The SMILES string of the molecule is CC1CC=Cc2c(OCC(F)(F)F)ccc([S+]3CCOCC3)c21. The number of alkyl halides is 3. The molecule has 2 aliphatic rings. The number of allylic oxidation sites excluding steroid dienone is 1. The van der Waals surface area contributed by atoms with Gasteiger partial charge in [0, 0.05) is 22.0 Å². The Morgan fingerprint density at radius 2 is 2.00 bits per heavy atom. The van der Waals surface area contributed by atoms with E-state index in [0.717, 1.165) is 42.3 Å². The molecule has 2 nitrogen and oxygen atoms in total. The molecule has 1 heterocycles. The first kappa shape index (κ1) is 16.7. The minimum atomic E-state index is -4.32. The van der Waals surface area contributed by atoms with Crippen molar-refractivity contribution in [3.8, 4) is 5.75 Å². The van der Waals surface area contributed by atoms with E-state index >= 15 is 0 Å². The summed E-state index contributed by atoms with van der Waals surface area (Å²) in [6.45, 7) is 2.40. The Balaban J connectivity index is 1.95. The molecule has 0 N–H and O–H groups in total. The molecule has 0 spiro atoms. The second-order valence-electron chi connectivity index (χ2n) is 5.85. The van der Waals surface area contributed by atoms with Crippen molar-refractivity contribution in [1.29, 1.82) is 0 Å². The molecular weight excluding hydrogens is 325 g/mol. The molecule has 1 aliphatic carbocycles. The van der Waals surface area contributed by atoms with Crippen LogP contribution in [0.4, 0.5) is 13.2 Å². The normalized spacial score (nSPS) is 22.0. The van der Waals surface area contributed by atoms with Gasteiger partial charge in [-0.2, -0.15) is 13.2 Å². The summed E-state index contributed by atoms with van der Waals surface area (Å²) in [6.07, 6.45) is 0.521. The van der Waals surface area contributed by atoms with Crippen molar-refractivity contribution in [2.75, 3.05) is 31.3 Å². The molecule has 6 heteroatoms. The molecule has 1 aromatic carbocycles. The maximum absolute atomic E-state index is 12.5. The van der Waals surface area contributed by atoms with Crippen molar-refractivity contribution in [2.24, 2.45) is 0 Å². The number of hydrogen-bond donors (Lipinski definition) is 0. The summed E-state index contributed by atoms with van der Waals surface area (Å²) in [6, 6.07) is 3.67. The van der Waals surface area contributed by atoms with E-state index in [9.17, 15) is 13.2 Å². The Labute approximate surface area is 137 Å². The predicted octanol–water partition coefficient (Wildman–Crippen LogP) is 4.16. The number of ether oxygens (including phenoxy) is 2. The summed E-state index contributed by atoms with van der Waals surface area (Å²) in [5.74, 6) is 2.62. The summed E-state index contributed by atoms with van der Waals surface area (Å²) in [5.41, 5.74) is 1.99. The van der Waals surface area contributed by atoms with E-state index in [1.54, 1.807) is 6.07 Å². The zero-order valence-corrected chi connectivity index (χ0v) is 13.8. The summed E-state index contributed by atoms with van der Waals surface area (Å²) in [7, 11) is 0.116. The highest BCUT2D eigenvalue weighted by molar-refractivity contribution is 7.97. The van der Waals surface area contributed by atoms with Crippen LogP contribution in [0.15, 0.2) is 23.1 Å². The average molecular weight is 345 g/mol. The number of hydrogen-bond acceptors (Lipinski definition) is 2. The fourth-order valence-electron chi connectivity index (χ4n) is 3.06. The maximum atomic E-state index is 12.5. The Hall–Kier alpha value is -1.14. The Morgan fingerprint density at radius 1 is 1.26 bits per heavy atom. The van der Waals surface area contributed by atoms with Crippen molar-refractivity contribution >= 4 is 17.0 Å². The molecule has 0 radical (unpaired) electrons. The summed E-state index contributed by atoms with van der Waals surface area (Å²) in [4.78, 5) is 1.28. The van der Waals surface area contributed by atoms with Gasteiger partial charge >= 0.3 is 6.18 Å². The van der Waals surface area contributed by atoms with Gasteiger partial charge < -0.3 is 9.47 Å². The van der Waals surface area contributed by atoms with E-state index in [0.29, 0.717) is 11.7 Å². The van der Waals surface area contributed by atoms with Crippen molar-refractivity contribution in [2.45, 2.75) is 30.3 Å². The summed E-state index contributed by atoms with van der Waals surface area (Å²) >= 11 is 0. The molecule has 1 aliphatic heterocycles. The lowest BCUT2D eigenvalue weighted by Gasteiger charge is -2.25. The fourth-order valence-corrected chi connectivity index (χ4v) is 5.23. The number of fused-ring (bicyclic) bond motifs is 1. The fraction of sp³-hybridized carbons (Fsp3) is 0.529. The van der Waals surface area contributed by atoms with Gasteiger partial charge in [-0.1, -0.05) is 19.1 Å². The lowest BCUT2D eigenvalue weighted by Crippen LogP contribution is -2.28. The lowest BCUT2D eigenvalue weighted by molar-refractivity contribution is -0.153. The molecule has 126 valence electrons. The van der Waals surface area contributed by atoms with Crippen molar-refractivity contribution < 1.29 is 22.6 Å². The first-order valence-corrected chi connectivity index (χ1v) is 9.30. The van der Waals surface area contributed by atoms with Gasteiger partial charge in [-0.15, -0.1) is 0 Å². The predicted molar refractivity (Wildman–Crippen MR) is 86.2 cm³/mol. The molecule has 1 saturated heterocycles. The van der Waals surface area contributed by atoms with E-state index < -0.39 is 12.8 Å². The third kappa shape index (κ3) is 3.86. The van der Waals surface area contributed by atoms with Crippen LogP contribution in [0.2, 0.25) is 0 Å². The summed E-state index contributed by atoms with van der Waals surface area (Å²) < 4.78 is 47.9. The molecule has 1 fully saturated rings. The minimum Gasteiger partial charge on any atom is -0.483 e. The zero-order valence-electron chi connectivity index (χ0n) is 13.0. The largest absolute Gasteiger partial charge is 0.483 e. The Kier molecular flexibility index (Phi) is 4.92. The second-order valence-corrected chi connectivity index (χ2v) is 8.09. The van der Waals surface area contributed by atoms with Crippen LogP contribution < -0.4 is 4.74 Å². The first-order chi connectivity index (χ1) is 11.0. The first-order valence-electron chi connectivity index (χ1n) is 7.74. The molecule has 1 atom stereocenters. The van der Waals surface area contributed by atoms with E-state index in [-0.39, 0.29) is 10.9 Å². The number of benzene rings is 1. The molecule has 1 aromatic rings. The monoisotopic (exact) mass is 345 g/mol. The smallest absolute Gasteiger partial charge is 0.422 e. The quantitative estimate of drug-likeness (QED) is 0.766. The highest BCUT2D eigenvalue weighted by Crippen LogP contribution is 2.40. The minimum absolute atomic E-state index is 0.116. The van der Waals surface area contributed by atoms with Crippen LogP contribution in [0.25, 0.3) is 6.08 Å². The average Bonchev–Trinajstić information content (AvgIpc) is 2.53. The van der Waals surface area contributed by atoms with Crippen LogP contribution in [0.5, 0.6) is 5.75 Å². The van der Waals surface area contributed by atoms with Crippen LogP contribution in [0.1, 0.15) is 30.4 Å². The van der Waals surface area contributed by atoms with Crippen LogP contribution in [-0.2, 0) is 15.6 Å². The van der Waals surface area contributed by atoms with Gasteiger partial charge in [-0.3, -0.25) is 0 Å². The van der Waals surface area contributed by atoms with Gasteiger partial charge in [-0.05, 0) is 24.5 Å². The molecule has 0 amide bonds. The molecule has 0 aromatic heterocycles. The topological polar surface area (TPSA) is 18.5 Å². The lowest BCUT2D eigenvalue weighted by atomic mass is 9.88. The zero-order chi connectivity index (χ0) is 16.4. The van der Waals surface area contributed by atoms with Crippen LogP contribution in [-0.4, -0.2) is 37.5 Å². The Morgan fingerprint density at radius 3 is 2.70 bits per heavy atom.